The lowest BCUT2D eigenvalue weighted by Crippen LogP contribution is -2.21. The smallest absolute Gasteiger partial charge is 0.337 e. The van der Waals surface area contributed by atoms with Crippen molar-refractivity contribution in [2.24, 2.45) is 5.92 Å². The molecule has 1 atom stereocenters. The Labute approximate surface area is 109 Å². The molecule has 1 unspecified atom stereocenters. The Hall–Kier alpha value is -1.25. The highest BCUT2D eigenvalue weighted by Gasteiger charge is 2.25. The van der Waals surface area contributed by atoms with Crippen molar-refractivity contribution in [1.82, 2.24) is 4.57 Å². The van der Waals surface area contributed by atoms with Crippen molar-refractivity contribution in [2.75, 3.05) is 0 Å². The van der Waals surface area contributed by atoms with Crippen LogP contribution in [0.1, 0.15) is 66.8 Å². The standard InChI is InChI=1S/C15H23NO2/c1-10-9-14(15(17)18)12(3)16(10)11(2)13-7-5-4-6-8-13/h9,11,13H,4-8H2,1-3H3,(H,17,18). The van der Waals surface area contributed by atoms with Crippen molar-refractivity contribution >= 4 is 5.97 Å². The van der Waals surface area contributed by atoms with E-state index in [1.807, 2.05) is 13.8 Å². The van der Waals surface area contributed by atoms with Crippen LogP contribution in [-0.4, -0.2) is 15.6 Å². The minimum Gasteiger partial charge on any atom is -0.478 e. The Kier molecular flexibility index (Phi) is 3.79. The molecule has 1 heterocycles. The van der Waals surface area contributed by atoms with Gasteiger partial charge in [0.1, 0.15) is 0 Å². The third-order valence-electron chi connectivity index (χ3n) is 4.45. The van der Waals surface area contributed by atoms with Gasteiger partial charge in [0.15, 0.2) is 0 Å². The maximum atomic E-state index is 11.2. The number of hydrogen-bond donors (Lipinski definition) is 1. The van der Waals surface area contributed by atoms with Crippen molar-refractivity contribution in [3.63, 3.8) is 0 Å². The lowest BCUT2D eigenvalue weighted by Gasteiger charge is -2.30. The van der Waals surface area contributed by atoms with Gasteiger partial charge in [0, 0.05) is 17.4 Å². The Morgan fingerprint density at radius 3 is 2.44 bits per heavy atom. The quantitative estimate of drug-likeness (QED) is 0.881. The monoisotopic (exact) mass is 249 g/mol. The second-order valence-electron chi connectivity index (χ2n) is 5.60. The van der Waals surface area contributed by atoms with Crippen molar-refractivity contribution < 1.29 is 9.90 Å². The highest BCUT2D eigenvalue weighted by atomic mass is 16.4. The summed E-state index contributed by atoms with van der Waals surface area (Å²) in [5, 5.41) is 9.18. The van der Waals surface area contributed by atoms with Crippen molar-refractivity contribution in [3.8, 4) is 0 Å². The molecular weight excluding hydrogens is 226 g/mol. The van der Waals surface area contributed by atoms with Crippen LogP contribution in [0.3, 0.4) is 0 Å². The van der Waals surface area contributed by atoms with Crippen LogP contribution in [0.5, 0.6) is 0 Å². The first-order valence-corrected chi connectivity index (χ1v) is 6.94. The number of carbonyl (C=O) groups is 1. The molecular formula is C15H23NO2. The van der Waals surface area contributed by atoms with Gasteiger partial charge in [-0.1, -0.05) is 19.3 Å². The van der Waals surface area contributed by atoms with Crippen molar-refractivity contribution in [2.45, 2.75) is 58.9 Å². The molecule has 0 spiro atoms. The first kappa shape index (κ1) is 13.2. The lowest BCUT2D eigenvalue weighted by atomic mass is 9.84. The van der Waals surface area contributed by atoms with Crippen LogP contribution in [0.25, 0.3) is 0 Å². The van der Waals surface area contributed by atoms with Gasteiger partial charge in [-0.25, -0.2) is 4.79 Å². The Morgan fingerprint density at radius 2 is 1.94 bits per heavy atom. The SMILES string of the molecule is Cc1cc(C(=O)O)c(C)n1C(C)C1CCCCC1. The van der Waals surface area contributed by atoms with Gasteiger partial charge >= 0.3 is 5.97 Å². The number of aromatic nitrogens is 1. The Morgan fingerprint density at radius 1 is 1.33 bits per heavy atom. The van der Waals surface area contributed by atoms with Crippen LogP contribution < -0.4 is 0 Å². The summed E-state index contributed by atoms with van der Waals surface area (Å²) < 4.78 is 2.22. The number of nitrogens with zero attached hydrogens (tertiary/aromatic N) is 1. The summed E-state index contributed by atoms with van der Waals surface area (Å²) in [7, 11) is 0. The zero-order valence-electron chi connectivity index (χ0n) is 11.6. The maximum absolute atomic E-state index is 11.2. The van der Waals surface area contributed by atoms with Crippen LogP contribution in [-0.2, 0) is 0 Å². The maximum Gasteiger partial charge on any atom is 0.337 e. The summed E-state index contributed by atoms with van der Waals surface area (Å²) in [5.41, 5.74) is 2.43. The minimum atomic E-state index is -0.815. The van der Waals surface area contributed by atoms with Crippen LogP contribution in [0.4, 0.5) is 0 Å². The van der Waals surface area contributed by atoms with E-state index in [-0.39, 0.29) is 0 Å². The second kappa shape index (κ2) is 5.17. The zero-order chi connectivity index (χ0) is 13.3. The molecule has 1 fully saturated rings. The molecule has 0 saturated heterocycles. The number of rotatable bonds is 3. The zero-order valence-corrected chi connectivity index (χ0v) is 11.6. The predicted molar refractivity (Wildman–Crippen MR) is 72.2 cm³/mol. The molecule has 100 valence electrons. The van der Waals surface area contributed by atoms with Crippen LogP contribution in [0, 0.1) is 19.8 Å². The second-order valence-corrected chi connectivity index (χ2v) is 5.60. The summed E-state index contributed by atoms with van der Waals surface area (Å²) in [6, 6.07) is 2.22. The van der Waals surface area contributed by atoms with E-state index in [0.717, 1.165) is 11.4 Å². The van der Waals surface area contributed by atoms with Crippen molar-refractivity contribution in [1.29, 1.82) is 0 Å². The first-order chi connectivity index (χ1) is 8.52. The molecule has 1 N–H and O–H groups in total. The van der Waals surface area contributed by atoms with Crippen LogP contribution in [0.2, 0.25) is 0 Å². The summed E-state index contributed by atoms with van der Waals surface area (Å²) >= 11 is 0. The molecule has 0 amide bonds. The van der Waals surface area contributed by atoms with Gasteiger partial charge in [0.05, 0.1) is 5.56 Å². The van der Waals surface area contributed by atoms with Gasteiger partial charge in [0.2, 0.25) is 0 Å². The first-order valence-electron chi connectivity index (χ1n) is 6.94. The van der Waals surface area contributed by atoms with Gasteiger partial charge < -0.3 is 9.67 Å². The van der Waals surface area contributed by atoms with E-state index in [0.29, 0.717) is 17.5 Å². The highest BCUT2D eigenvalue weighted by Crippen LogP contribution is 2.35. The molecule has 3 heteroatoms. The number of aromatic carboxylic acids is 1. The minimum absolute atomic E-state index is 0.415. The van der Waals surface area contributed by atoms with Gasteiger partial charge in [-0.3, -0.25) is 0 Å². The van der Waals surface area contributed by atoms with Gasteiger partial charge in [-0.2, -0.15) is 0 Å². The average Bonchev–Trinajstić information content (AvgIpc) is 2.65. The van der Waals surface area contributed by atoms with E-state index in [9.17, 15) is 9.90 Å². The molecule has 1 saturated carbocycles. The number of carboxylic acid groups (broad SMARTS) is 1. The molecule has 0 aromatic carbocycles. The normalized spacial score (nSPS) is 18.8. The summed E-state index contributed by atoms with van der Waals surface area (Å²) in [4.78, 5) is 11.2. The average molecular weight is 249 g/mol. The highest BCUT2D eigenvalue weighted by molar-refractivity contribution is 5.89. The molecule has 1 aromatic rings. The summed E-state index contributed by atoms with van der Waals surface area (Å²) in [5.74, 6) is -0.115. The topological polar surface area (TPSA) is 42.2 Å². The molecule has 0 aliphatic heterocycles. The molecule has 2 rings (SSSR count). The molecule has 1 aliphatic carbocycles. The fourth-order valence-corrected chi connectivity index (χ4v) is 3.45. The molecule has 1 aromatic heterocycles. The molecule has 0 radical (unpaired) electrons. The summed E-state index contributed by atoms with van der Waals surface area (Å²) in [6.07, 6.45) is 6.55. The largest absolute Gasteiger partial charge is 0.478 e. The van der Waals surface area contributed by atoms with E-state index in [4.69, 9.17) is 0 Å². The molecule has 3 nitrogen and oxygen atoms in total. The van der Waals surface area contributed by atoms with E-state index >= 15 is 0 Å². The number of carboxylic acids is 1. The summed E-state index contributed by atoms with van der Waals surface area (Å²) in [6.45, 7) is 6.18. The Balaban J connectivity index is 2.29. The van der Waals surface area contributed by atoms with Gasteiger partial charge in [-0.05, 0) is 45.6 Å². The van der Waals surface area contributed by atoms with Crippen LogP contribution in [0.15, 0.2) is 6.07 Å². The van der Waals surface area contributed by atoms with Crippen LogP contribution >= 0.6 is 0 Å². The fraction of sp³-hybridized carbons (Fsp3) is 0.667. The molecule has 0 bridgehead atoms. The van der Waals surface area contributed by atoms with E-state index < -0.39 is 5.97 Å². The Bertz CT molecular complexity index is 442. The van der Waals surface area contributed by atoms with E-state index in [2.05, 4.69) is 11.5 Å². The van der Waals surface area contributed by atoms with E-state index in [1.165, 1.54) is 32.1 Å². The number of aryl methyl sites for hydroxylation is 1. The number of hydrogen-bond acceptors (Lipinski definition) is 1. The third kappa shape index (κ3) is 2.31. The lowest BCUT2D eigenvalue weighted by molar-refractivity contribution is 0.0695. The van der Waals surface area contributed by atoms with E-state index in [1.54, 1.807) is 6.07 Å². The van der Waals surface area contributed by atoms with Gasteiger partial charge in [0.25, 0.3) is 0 Å². The van der Waals surface area contributed by atoms with Gasteiger partial charge in [-0.15, -0.1) is 0 Å². The van der Waals surface area contributed by atoms with Crippen molar-refractivity contribution in [3.05, 3.63) is 23.0 Å². The third-order valence-corrected chi connectivity index (χ3v) is 4.45. The fourth-order valence-electron chi connectivity index (χ4n) is 3.45. The molecule has 18 heavy (non-hydrogen) atoms. The predicted octanol–water partition coefficient (Wildman–Crippen LogP) is 3.94. The molecule has 1 aliphatic rings.